The van der Waals surface area contributed by atoms with Crippen LogP contribution in [0.4, 0.5) is 10.6 Å². The number of aromatic nitrogens is 4. The number of carbonyl (C=O) groups is 2. The molecule has 0 radical (unpaired) electrons. The number of anilines is 1. The number of nitrogens with zero attached hydrogens (tertiary/aromatic N) is 4. The molecule has 0 fully saturated rings. The zero-order valence-corrected chi connectivity index (χ0v) is 23.3. The maximum absolute atomic E-state index is 12.6. The normalized spacial score (nSPS) is 11.4. The van der Waals surface area contributed by atoms with Gasteiger partial charge in [0.15, 0.2) is 5.65 Å². The number of nitrogens with one attached hydrogen (secondary N) is 2. The minimum Gasteiger partial charge on any atom is -0.445 e. The van der Waals surface area contributed by atoms with Crippen molar-refractivity contribution in [2.75, 3.05) is 18.8 Å². The van der Waals surface area contributed by atoms with E-state index in [9.17, 15) is 9.59 Å². The molecule has 2 heterocycles. The quantitative estimate of drug-likeness (QED) is 0.220. The van der Waals surface area contributed by atoms with E-state index in [2.05, 4.69) is 20.6 Å². The van der Waals surface area contributed by atoms with Gasteiger partial charge in [0.25, 0.3) is 0 Å². The molecule has 2 amide bonds. The van der Waals surface area contributed by atoms with Crippen LogP contribution in [0.5, 0.6) is 0 Å². The Morgan fingerprint density at radius 2 is 1.73 bits per heavy atom. The summed E-state index contributed by atoms with van der Waals surface area (Å²) in [6.07, 6.45) is 3.70. The van der Waals surface area contributed by atoms with Crippen LogP contribution in [0.25, 0.3) is 22.3 Å². The molecule has 0 saturated heterocycles. The molecule has 0 aliphatic rings. The number of fused-ring (bicyclic) bond motifs is 1. The molecule has 4 rings (SSSR count). The van der Waals surface area contributed by atoms with Gasteiger partial charge in [-0.1, -0.05) is 66.6 Å². The van der Waals surface area contributed by atoms with Crippen molar-refractivity contribution < 1.29 is 14.3 Å². The number of rotatable bonds is 12. The third-order valence-corrected chi connectivity index (χ3v) is 6.67. The third-order valence-electron chi connectivity index (χ3n) is 6.67. The standard InChI is InChI=1S/C30H37N7O3/c1-21-13-15-23(16-14-21)26-25-27(31)34-20-35-28(25)37(36-26)30(2,3)19-33-24(38)12-8-5-9-17-32-29(39)40-18-22-10-6-4-7-11-22/h4,6-7,10-11,13-16,20H,5,8-9,12,17-19H2,1-3H3,(H,32,39)(H,33,38)(H2,31,34,35). The number of alkyl carbamates (subject to hydrolysis) is 1. The summed E-state index contributed by atoms with van der Waals surface area (Å²) in [6.45, 7) is 7.15. The Morgan fingerprint density at radius 1 is 0.975 bits per heavy atom. The van der Waals surface area contributed by atoms with Crippen LogP contribution in [0.15, 0.2) is 60.9 Å². The second kappa shape index (κ2) is 13.1. The largest absolute Gasteiger partial charge is 0.445 e. The van der Waals surface area contributed by atoms with Gasteiger partial charge in [-0.3, -0.25) is 4.79 Å². The lowest BCUT2D eigenvalue weighted by Crippen LogP contribution is -2.41. The smallest absolute Gasteiger partial charge is 0.407 e. The van der Waals surface area contributed by atoms with Crippen LogP contribution in [0.1, 0.15) is 50.7 Å². The number of unbranched alkanes of at least 4 members (excludes halogenated alkanes) is 2. The zero-order chi connectivity index (χ0) is 28.5. The summed E-state index contributed by atoms with van der Waals surface area (Å²) >= 11 is 0. The van der Waals surface area contributed by atoms with E-state index in [1.165, 1.54) is 6.33 Å². The van der Waals surface area contributed by atoms with Gasteiger partial charge in [-0.15, -0.1) is 0 Å². The van der Waals surface area contributed by atoms with Crippen molar-refractivity contribution in [3.05, 3.63) is 72.1 Å². The van der Waals surface area contributed by atoms with E-state index in [-0.39, 0.29) is 12.5 Å². The SMILES string of the molecule is Cc1ccc(-c2nn(C(C)(C)CNC(=O)CCCCCNC(=O)OCc3ccccc3)c3ncnc(N)c23)cc1. The Bertz CT molecular complexity index is 1430. The van der Waals surface area contributed by atoms with E-state index in [1.807, 2.05) is 80.1 Å². The van der Waals surface area contributed by atoms with E-state index in [0.29, 0.717) is 42.1 Å². The first-order valence-corrected chi connectivity index (χ1v) is 13.5. The monoisotopic (exact) mass is 543 g/mol. The van der Waals surface area contributed by atoms with E-state index >= 15 is 0 Å². The molecule has 0 bridgehead atoms. The average Bonchev–Trinajstić information content (AvgIpc) is 3.36. The van der Waals surface area contributed by atoms with E-state index in [4.69, 9.17) is 15.6 Å². The van der Waals surface area contributed by atoms with Gasteiger partial charge in [-0.05, 0) is 39.2 Å². The van der Waals surface area contributed by atoms with Gasteiger partial charge in [0.1, 0.15) is 24.4 Å². The highest BCUT2D eigenvalue weighted by molar-refractivity contribution is 5.98. The molecule has 40 heavy (non-hydrogen) atoms. The number of aryl methyl sites for hydroxylation is 1. The van der Waals surface area contributed by atoms with Crippen molar-refractivity contribution in [3.63, 3.8) is 0 Å². The van der Waals surface area contributed by atoms with Crippen molar-refractivity contribution in [3.8, 4) is 11.3 Å². The van der Waals surface area contributed by atoms with Gasteiger partial charge in [-0.25, -0.2) is 19.4 Å². The van der Waals surface area contributed by atoms with Crippen molar-refractivity contribution in [2.24, 2.45) is 0 Å². The van der Waals surface area contributed by atoms with Crippen LogP contribution >= 0.6 is 0 Å². The summed E-state index contributed by atoms with van der Waals surface area (Å²) in [4.78, 5) is 33.1. The minimum absolute atomic E-state index is 0.0346. The van der Waals surface area contributed by atoms with Crippen LogP contribution in [0, 0.1) is 6.92 Å². The lowest BCUT2D eigenvalue weighted by atomic mass is 10.1. The van der Waals surface area contributed by atoms with Gasteiger partial charge in [0, 0.05) is 25.1 Å². The number of carbonyl (C=O) groups excluding carboxylic acids is 2. The summed E-state index contributed by atoms with van der Waals surface area (Å²) in [5, 5.41) is 11.4. The molecule has 0 unspecified atom stereocenters. The Morgan fingerprint density at radius 3 is 2.48 bits per heavy atom. The van der Waals surface area contributed by atoms with Gasteiger partial charge < -0.3 is 21.1 Å². The Balaban J connectivity index is 1.24. The highest BCUT2D eigenvalue weighted by atomic mass is 16.5. The fourth-order valence-electron chi connectivity index (χ4n) is 4.34. The Kier molecular flexibility index (Phi) is 9.31. The number of amides is 2. The Hall–Kier alpha value is -4.47. The fourth-order valence-corrected chi connectivity index (χ4v) is 4.34. The van der Waals surface area contributed by atoms with E-state index < -0.39 is 11.6 Å². The predicted molar refractivity (Wildman–Crippen MR) is 155 cm³/mol. The first-order chi connectivity index (χ1) is 19.2. The summed E-state index contributed by atoms with van der Waals surface area (Å²) in [5.41, 5.74) is 10.0. The molecule has 210 valence electrons. The Labute approximate surface area is 234 Å². The van der Waals surface area contributed by atoms with Crippen LogP contribution in [-0.2, 0) is 21.7 Å². The van der Waals surface area contributed by atoms with Crippen LogP contribution in [0.3, 0.4) is 0 Å². The molecular formula is C30H37N7O3. The molecule has 4 aromatic rings. The molecule has 0 aliphatic heterocycles. The molecule has 0 atom stereocenters. The second-order valence-corrected chi connectivity index (χ2v) is 10.5. The summed E-state index contributed by atoms with van der Waals surface area (Å²) in [6, 6.07) is 17.6. The molecular weight excluding hydrogens is 506 g/mol. The summed E-state index contributed by atoms with van der Waals surface area (Å²) in [5.74, 6) is 0.332. The maximum atomic E-state index is 12.6. The zero-order valence-electron chi connectivity index (χ0n) is 23.3. The lowest BCUT2D eigenvalue weighted by molar-refractivity contribution is -0.121. The minimum atomic E-state index is -0.568. The van der Waals surface area contributed by atoms with Crippen LogP contribution in [-0.4, -0.2) is 44.8 Å². The van der Waals surface area contributed by atoms with Gasteiger partial charge >= 0.3 is 6.09 Å². The molecule has 0 saturated carbocycles. The first-order valence-electron chi connectivity index (χ1n) is 13.5. The highest BCUT2D eigenvalue weighted by Crippen LogP contribution is 2.33. The second-order valence-electron chi connectivity index (χ2n) is 10.5. The molecule has 0 spiro atoms. The van der Waals surface area contributed by atoms with Gasteiger partial charge in [0.2, 0.25) is 5.91 Å². The van der Waals surface area contributed by atoms with E-state index in [0.717, 1.165) is 36.0 Å². The van der Waals surface area contributed by atoms with Crippen molar-refractivity contribution in [2.45, 2.75) is 58.6 Å². The summed E-state index contributed by atoms with van der Waals surface area (Å²) < 4.78 is 7.02. The van der Waals surface area contributed by atoms with Crippen LogP contribution < -0.4 is 16.4 Å². The van der Waals surface area contributed by atoms with Crippen LogP contribution in [0.2, 0.25) is 0 Å². The van der Waals surface area contributed by atoms with Crippen molar-refractivity contribution in [1.29, 1.82) is 0 Å². The number of nitrogen functional groups attached to an aromatic ring is 1. The number of benzene rings is 2. The summed E-state index contributed by atoms with van der Waals surface area (Å²) in [7, 11) is 0. The van der Waals surface area contributed by atoms with Crippen molar-refractivity contribution in [1.82, 2.24) is 30.4 Å². The molecule has 0 aliphatic carbocycles. The third kappa shape index (κ3) is 7.34. The number of hydrogen-bond donors (Lipinski definition) is 3. The molecule has 2 aromatic heterocycles. The highest BCUT2D eigenvalue weighted by Gasteiger charge is 2.28. The lowest BCUT2D eigenvalue weighted by Gasteiger charge is -2.26. The first kappa shape index (κ1) is 28.5. The van der Waals surface area contributed by atoms with Gasteiger partial charge in [-0.2, -0.15) is 5.10 Å². The average molecular weight is 544 g/mol. The number of nitrogens with two attached hydrogens (primary N) is 1. The molecule has 10 nitrogen and oxygen atoms in total. The maximum Gasteiger partial charge on any atom is 0.407 e. The molecule has 10 heteroatoms. The molecule has 2 aromatic carbocycles. The van der Waals surface area contributed by atoms with Crippen molar-refractivity contribution >= 4 is 28.9 Å². The molecule has 4 N–H and O–H groups in total. The predicted octanol–water partition coefficient (Wildman–Crippen LogP) is 4.72. The van der Waals surface area contributed by atoms with E-state index in [1.54, 1.807) is 0 Å². The number of hydrogen-bond acceptors (Lipinski definition) is 7. The number of ether oxygens (including phenoxy) is 1. The fraction of sp³-hybridized carbons (Fsp3) is 0.367. The topological polar surface area (TPSA) is 137 Å². The van der Waals surface area contributed by atoms with Gasteiger partial charge in [0.05, 0.1) is 10.9 Å².